The summed E-state index contributed by atoms with van der Waals surface area (Å²) >= 11 is 0. The fourth-order valence-corrected chi connectivity index (χ4v) is 2.02. The van der Waals surface area contributed by atoms with Gasteiger partial charge < -0.3 is 27.2 Å². The van der Waals surface area contributed by atoms with Crippen LogP contribution >= 0.6 is 0 Å². The van der Waals surface area contributed by atoms with Crippen molar-refractivity contribution in [3.63, 3.8) is 0 Å². The van der Waals surface area contributed by atoms with Gasteiger partial charge in [-0.2, -0.15) is 0 Å². The number of likely N-dealkylation sites (N-methyl/N-ethyl adjacent to an activating group) is 1. The van der Waals surface area contributed by atoms with E-state index in [1.165, 1.54) is 0 Å². The molecule has 5 nitrogen and oxygen atoms in total. The molecule has 0 heterocycles. The van der Waals surface area contributed by atoms with Crippen LogP contribution in [0.5, 0.6) is 5.75 Å². The number of hydrogen-bond donors (Lipinski definition) is 4. The number of benzene rings is 1. The normalized spacial score (nSPS) is 11.2. The lowest BCUT2D eigenvalue weighted by Gasteiger charge is -2.24. The third-order valence-corrected chi connectivity index (χ3v) is 3.02. The molecule has 7 N–H and O–H groups in total. The fraction of sp³-hybridized carbons (Fsp3) is 0.333. The van der Waals surface area contributed by atoms with Crippen LogP contribution in [0.2, 0.25) is 0 Å². The van der Waals surface area contributed by atoms with Gasteiger partial charge in [-0.25, -0.2) is 0 Å². The van der Waals surface area contributed by atoms with Crippen LogP contribution < -0.4 is 17.2 Å². The van der Waals surface area contributed by atoms with E-state index in [4.69, 9.17) is 17.2 Å². The van der Waals surface area contributed by atoms with Gasteiger partial charge in [0.05, 0.1) is 5.70 Å². The van der Waals surface area contributed by atoms with E-state index in [-0.39, 0.29) is 11.6 Å². The summed E-state index contributed by atoms with van der Waals surface area (Å²) in [5.41, 5.74) is 19.3. The van der Waals surface area contributed by atoms with Crippen LogP contribution in [0.25, 0.3) is 5.70 Å². The summed E-state index contributed by atoms with van der Waals surface area (Å²) in [6, 6.07) is 6.90. The number of rotatable bonds is 6. The zero-order valence-corrected chi connectivity index (χ0v) is 12.1. The van der Waals surface area contributed by atoms with Crippen molar-refractivity contribution in [1.82, 2.24) is 4.90 Å². The van der Waals surface area contributed by atoms with Crippen LogP contribution in [0, 0.1) is 0 Å². The molecule has 5 heteroatoms. The van der Waals surface area contributed by atoms with Gasteiger partial charge in [0.1, 0.15) is 11.6 Å². The second-order valence-corrected chi connectivity index (χ2v) is 4.54. The smallest absolute Gasteiger partial charge is 0.124 e. The Balaban J connectivity index is 3.16. The first-order valence-electron chi connectivity index (χ1n) is 6.76. The van der Waals surface area contributed by atoms with Crippen molar-refractivity contribution >= 4 is 5.70 Å². The Kier molecular flexibility index (Phi) is 5.77. The molecule has 0 amide bonds. The van der Waals surface area contributed by atoms with E-state index in [1.54, 1.807) is 24.3 Å². The first-order chi connectivity index (χ1) is 9.51. The van der Waals surface area contributed by atoms with E-state index in [0.717, 1.165) is 19.5 Å². The highest BCUT2D eigenvalue weighted by Gasteiger charge is 2.10. The molecule has 110 valence electrons. The van der Waals surface area contributed by atoms with Crippen LogP contribution in [-0.2, 0) is 0 Å². The number of phenols is 1. The van der Waals surface area contributed by atoms with E-state index >= 15 is 0 Å². The Morgan fingerprint density at radius 1 is 1.20 bits per heavy atom. The number of nitrogens with two attached hydrogens (primary N) is 3. The third-order valence-electron chi connectivity index (χ3n) is 3.02. The average molecular weight is 276 g/mol. The van der Waals surface area contributed by atoms with Gasteiger partial charge in [0, 0.05) is 24.4 Å². The molecule has 0 aliphatic rings. The maximum absolute atomic E-state index is 9.82. The standard InChI is InChI=1S/C15H24N4O/c1-3-9-19(4-2)13(15(17)18)10-12(16)11-7-5-6-8-14(11)20/h5-8,10,20H,3-4,9,16-18H2,1-2H3/b12-10-. The Morgan fingerprint density at radius 3 is 2.35 bits per heavy atom. The third kappa shape index (κ3) is 3.85. The van der Waals surface area contributed by atoms with E-state index in [1.807, 2.05) is 13.0 Å². The van der Waals surface area contributed by atoms with Crippen molar-refractivity contribution in [2.24, 2.45) is 17.2 Å². The van der Waals surface area contributed by atoms with Gasteiger partial charge in [-0.1, -0.05) is 19.1 Å². The Bertz CT molecular complexity index is 504. The van der Waals surface area contributed by atoms with Gasteiger partial charge in [0.15, 0.2) is 0 Å². The highest BCUT2D eigenvalue weighted by Crippen LogP contribution is 2.23. The lowest BCUT2D eigenvalue weighted by Crippen LogP contribution is -2.28. The number of para-hydroxylation sites is 1. The number of hydrogen-bond acceptors (Lipinski definition) is 5. The quantitative estimate of drug-likeness (QED) is 0.590. The zero-order chi connectivity index (χ0) is 15.1. The van der Waals surface area contributed by atoms with Crippen molar-refractivity contribution in [2.75, 3.05) is 13.1 Å². The van der Waals surface area contributed by atoms with Crippen LogP contribution in [0.15, 0.2) is 41.9 Å². The topological polar surface area (TPSA) is 102 Å². The summed E-state index contributed by atoms with van der Waals surface area (Å²) in [6.07, 6.45) is 2.69. The summed E-state index contributed by atoms with van der Waals surface area (Å²) in [4.78, 5) is 2.06. The Hall–Kier alpha value is -2.30. The van der Waals surface area contributed by atoms with Crippen LogP contribution in [0.3, 0.4) is 0 Å². The molecule has 0 saturated carbocycles. The Labute approximate surface area is 120 Å². The molecule has 20 heavy (non-hydrogen) atoms. The van der Waals surface area contributed by atoms with Gasteiger partial charge in [-0.15, -0.1) is 0 Å². The van der Waals surface area contributed by atoms with Crippen LogP contribution in [-0.4, -0.2) is 23.1 Å². The summed E-state index contributed by atoms with van der Waals surface area (Å²) in [6.45, 7) is 5.74. The minimum Gasteiger partial charge on any atom is -0.507 e. The van der Waals surface area contributed by atoms with Gasteiger partial charge in [-0.05, 0) is 31.6 Å². The minimum absolute atomic E-state index is 0.134. The molecule has 0 aromatic heterocycles. The molecule has 1 aromatic carbocycles. The lowest BCUT2D eigenvalue weighted by atomic mass is 10.1. The van der Waals surface area contributed by atoms with Crippen LogP contribution in [0.1, 0.15) is 25.8 Å². The van der Waals surface area contributed by atoms with E-state index in [9.17, 15) is 5.11 Å². The molecule has 0 aliphatic carbocycles. The highest BCUT2D eigenvalue weighted by molar-refractivity contribution is 5.69. The summed E-state index contributed by atoms with van der Waals surface area (Å²) in [5, 5.41) is 9.82. The van der Waals surface area contributed by atoms with Gasteiger partial charge in [-0.3, -0.25) is 0 Å². The van der Waals surface area contributed by atoms with Gasteiger partial charge >= 0.3 is 0 Å². The molecule has 0 aliphatic heterocycles. The summed E-state index contributed by atoms with van der Waals surface area (Å²) < 4.78 is 0. The number of nitrogens with zero attached hydrogens (tertiary/aromatic N) is 1. The first-order valence-corrected chi connectivity index (χ1v) is 6.76. The monoisotopic (exact) mass is 276 g/mol. The summed E-state index contributed by atoms with van der Waals surface area (Å²) in [7, 11) is 0. The average Bonchev–Trinajstić information content (AvgIpc) is 2.42. The molecule has 1 rings (SSSR count). The molecule has 0 saturated heterocycles. The number of phenolic OH excluding ortho intramolecular Hbond substituents is 1. The van der Waals surface area contributed by atoms with Crippen molar-refractivity contribution < 1.29 is 5.11 Å². The summed E-state index contributed by atoms with van der Waals surface area (Å²) in [5.74, 6) is 0.355. The predicted molar refractivity (Wildman–Crippen MR) is 83.2 cm³/mol. The number of allylic oxidation sites excluding steroid dienone is 1. The van der Waals surface area contributed by atoms with E-state index < -0.39 is 0 Å². The molecule has 0 fully saturated rings. The van der Waals surface area contributed by atoms with Gasteiger partial charge in [0.25, 0.3) is 0 Å². The minimum atomic E-state index is 0.134. The molecule has 0 spiro atoms. The van der Waals surface area contributed by atoms with Crippen molar-refractivity contribution in [3.8, 4) is 5.75 Å². The fourth-order valence-electron chi connectivity index (χ4n) is 2.02. The molecule has 0 atom stereocenters. The molecular weight excluding hydrogens is 252 g/mol. The first kappa shape index (κ1) is 15.8. The van der Waals surface area contributed by atoms with Gasteiger partial charge in [0.2, 0.25) is 0 Å². The highest BCUT2D eigenvalue weighted by atomic mass is 16.3. The molecule has 1 aromatic rings. The Morgan fingerprint density at radius 2 is 1.85 bits per heavy atom. The molecule has 0 radical (unpaired) electrons. The SMILES string of the molecule is CCCN(CC)C(/C=C(\N)c1ccccc1O)=C(N)N. The van der Waals surface area contributed by atoms with E-state index in [0.29, 0.717) is 17.0 Å². The zero-order valence-electron chi connectivity index (χ0n) is 12.1. The predicted octanol–water partition coefficient (Wildman–Crippen LogP) is 1.51. The molecular formula is C15H24N4O. The maximum Gasteiger partial charge on any atom is 0.124 e. The van der Waals surface area contributed by atoms with Crippen LogP contribution in [0.4, 0.5) is 0 Å². The largest absolute Gasteiger partial charge is 0.507 e. The van der Waals surface area contributed by atoms with Crippen molar-refractivity contribution in [1.29, 1.82) is 0 Å². The van der Waals surface area contributed by atoms with Crippen molar-refractivity contribution in [3.05, 3.63) is 47.4 Å². The van der Waals surface area contributed by atoms with Crippen molar-refractivity contribution in [2.45, 2.75) is 20.3 Å². The molecule has 0 bridgehead atoms. The lowest BCUT2D eigenvalue weighted by molar-refractivity contribution is 0.369. The maximum atomic E-state index is 9.82. The number of aromatic hydroxyl groups is 1. The second-order valence-electron chi connectivity index (χ2n) is 4.54. The second kappa shape index (κ2) is 7.33. The molecule has 0 unspecified atom stereocenters. The van der Waals surface area contributed by atoms with E-state index in [2.05, 4.69) is 11.8 Å².